The zero-order valence-corrected chi connectivity index (χ0v) is 17.6. The summed E-state index contributed by atoms with van der Waals surface area (Å²) in [7, 11) is 4.66. The summed E-state index contributed by atoms with van der Waals surface area (Å²) in [5.74, 6) is 1.96. The topological polar surface area (TPSA) is 74.0 Å². The van der Waals surface area contributed by atoms with Gasteiger partial charge in [0.2, 0.25) is 0 Å². The molecule has 0 saturated carbocycles. The summed E-state index contributed by atoms with van der Waals surface area (Å²) in [6, 6.07) is 14.4. The van der Waals surface area contributed by atoms with E-state index in [4.69, 9.17) is 18.6 Å². The number of methoxy groups -OCH3 is 3. The lowest BCUT2D eigenvalue weighted by Crippen LogP contribution is -2.30. The number of carbonyl (C=O) groups excluding carboxylic acids is 1. The van der Waals surface area contributed by atoms with Gasteiger partial charge in [0.1, 0.15) is 11.5 Å². The van der Waals surface area contributed by atoms with Crippen LogP contribution >= 0.6 is 11.3 Å². The van der Waals surface area contributed by atoms with Crippen molar-refractivity contribution in [3.8, 4) is 17.2 Å². The van der Waals surface area contributed by atoms with E-state index >= 15 is 0 Å². The summed E-state index contributed by atoms with van der Waals surface area (Å²) < 4.78 is 22.5. The number of nitrogens with zero attached hydrogens (tertiary/aromatic N) is 2. The van der Waals surface area contributed by atoms with Crippen LogP contribution < -0.4 is 19.1 Å². The standard InChI is InChI=1S/C22H20N2O5S/c1-26-14-9-10-17-19(12-14)30-22(23-17)24(13-15-6-5-11-29-15)21(25)16-7-4-8-18(27-2)20(16)28-3/h4-12H,13H2,1-3H3. The average molecular weight is 424 g/mol. The minimum atomic E-state index is -0.270. The fourth-order valence-corrected chi connectivity index (χ4v) is 4.11. The molecule has 0 fully saturated rings. The number of anilines is 1. The van der Waals surface area contributed by atoms with Crippen molar-refractivity contribution >= 4 is 32.6 Å². The van der Waals surface area contributed by atoms with E-state index in [1.54, 1.807) is 42.5 Å². The Hall–Kier alpha value is -3.52. The molecular formula is C22H20N2O5S. The van der Waals surface area contributed by atoms with Crippen LogP contribution in [0.25, 0.3) is 10.2 Å². The minimum Gasteiger partial charge on any atom is -0.497 e. The summed E-state index contributed by atoms with van der Waals surface area (Å²) >= 11 is 1.40. The number of para-hydroxylation sites is 1. The predicted molar refractivity (Wildman–Crippen MR) is 115 cm³/mol. The van der Waals surface area contributed by atoms with Gasteiger partial charge in [0, 0.05) is 0 Å². The number of fused-ring (bicyclic) bond motifs is 1. The number of ether oxygens (including phenoxy) is 3. The van der Waals surface area contributed by atoms with Gasteiger partial charge in [-0.1, -0.05) is 17.4 Å². The number of thiazole rings is 1. The van der Waals surface area contributed by atoms with Gasteiger partial charge in [0.25, 0.3) is 5.91 Å². The number of hydrogen-bond acceptors (Lipinski definition) is 7. The van der Waals surface area contributed by atoms with Gasteiger partial charge in [-0.2, -0.15) is 0 Å². The van der Waals surface area contributed by atoms with Crippen molar-refractivity contribution in [2.45, 2.75) is 6.54 Å². The molecule has 0 aliphatic carbocycles. The molecular weight excluding hydrogens is 404 g/mol. The number of hydrogen-bond donors (Lipinski definition) is 0. The van der Waals surface area contributed by atoms with E-state index in [0.717, 1.165) is 16.0 Å². The molecule has 2 aromatic heterocycles. The maximum atomic E-state index is 13.6. The fourth-order valence-electron chi connectivity index (χ4n) is 3.12. The normalized spacial score (nSPS) is 10.8. The van der Waals surface area contributed by atoms with Crippen molar-refractivity contribution in [2.24, 2.45) is 0 Å². The summed E-state index contributed by atoms with van der Waals surface area (Å²) in [6.45, 7) is 0.225. The second-order valence-corrected chi connectivity index (χ2v) is 7.35. The minimum absolute atomic E-state index is 0.225. The van der Waals surface area contributed by atoms with E-state index in [1.807, 2.05) is 24.3 Å². The Morgan fingerprint density at radius 2 is 1.93 bits per heavy atom. The van der Waals surface area contributed by atoms with Crippen LogP contribution in [-0.2, 0) is 6.54 Å². The number of carbonyl (C=O) groups is 1. The quantitative estimate of drug-likeness (QED) is 0.426. The van der Waals surface area contributed by atoms with Gasteiger partial charge < -0.3 is 18.6 Å². The Morgan fingerprint density at radius 1 is 1.07 bits per heavy atom. The molecule has 0 bridgehead atoms. The number of aromatic nitrogens is 1. The first kappa shape index (κ1) is 19.8. The summed E-state index contributed by atoms with van der Waals surface area (Å²) in [6.07, 6.45) is 1.58. The third kappa shape index (κ3) is 3.69. The van der Waals surface area contributed by atoms with Crippen LogP contribution in [-0.4, -0.2) is 32.2 Å². The third-order valence-electron chi connectivity index (χ3n) is 4.59. The van der Waals surface area contributed by atoms with Gasteiger partial charge >= 0.3 is 0 Å². The molecule has 0 aliphatic heterocycles. The van der Waals surface area contributed by atoms with Crippen LogP contribution in [0.4, 0.5) is 5.13 Å². The summed E-state index contributed by atoms with van der Waals surface area (Å²) in [4.78, 5) is 19.9. The van der Waals surface area contributed by atoms with Gasteiger partial charge in [-0.25, -0.2) is 4.98 Å². The number of amides is 1. The lowest BCUT2D eigenvalue weighted by atomic mass is 10.1. The number of benzene rings is 2. The molecule has 2 heterocycles. The molecule has 0 atom stereocenters. The Balaban J connectivity index is 1.80. The van der Waals surface area contributed by atoms with Gasteiger partial charge in [-0.05, 0) is 42.5 Å². The van der Waals surface area contributed by atoms with Crippen LogP contribution in [0.5, 0.6) is 17.2 Å². The summed E-state index contributed by atoms with van der Waals surface area (Å²) in [5, 5.41) is 0.546. The SMILES string of the molecule is COc1ccc2nc(N(Cc3ccco3)C(=O)c3cccc(OC)c3OC)sc2c1. The zero-order chi connectivity index (χ0) is 21.1. The molecule has 2 aromatic carbocycles. The van der Waals surface area contributed by atoms with Gasteiger partial charge in [0.15, 0.2) is 16.6 Å². The molecule has 4 aromatic rings. The molecule has 0 spiro atoms. The molecule has 30 heavy (non-hydrogen) atoms. The lowest BCUT2D eigenvalue weighted by molar-refractivity contribution is 0.0979. The predicted octanol–water partition coefficient (Wildman–Crippen LogP) is 4.76. The number of rotatable bonds is 7. The molecule has 0 radical (unpaired) electrons. The van der Waals surface area contributed by atoms with Gasteiger partial charge in [-0.3, -0.25) is 9.69 Å². The molecule has 0 unspecified atom stereocenters. The highest BCUT2D eigenvalue weighted by atomic mass is 32.1. The highest BCUT2D eigenvalue weighted by molar-refractivity contribution is 7.22. The van der Waals surface area contributed by atoms with E-state index < -0.39 is 0 Å². The fraction of sp³-hybridized carbons (Fsp3) is 0.182. The maximum Gasteiger partial charge on any atom is 0.264 e. The van der Waals surface area contributed by atoms with Crippen molar-refractivity contribution in [3.05, 3.63) is 66.1 Å². The lowest BCUT2D eigenvalue weighted by Gasteiger charge is -2.20. The van der Waals surface area contributed by atoms with Gasteiger partial charge in [0.05, 0.1) is 49.9 Å². The van der Waals surface area contributed by atoms with Gasteiger partial charge in [-0.15, -0.1) is 0 Å². The maximum absolute atomic E-state index is 13.6. The Kier molecular flexibility index (Phi) is 5.58. The number of furan rings is 1. The Morgan fingerprint density at radius 3 is 2.63 bits per heavy atom. The highest BCUT2D eigenvalue weighted by Crippen LogP contribution is 2.36. The van der Waals surface area contributed by atoms with Crippen LogP contribution in [0.3, 0.4) is 0 Å². The van der Waals surface area contributed by atoms with Crippen molar-refractivity contribution in [1.29, 1.82) is 0 Å². The Labute approximate surface area is 177 Å². The average Bonchev–Trinajstić information content (AvgIpc) is 3.45. The molecule has 8 heteroatoms. The molecule has 4 rings (SSSR count). The molecule has 1 amide bonds. The molecule has 154 valence electrons. The van der Waals surface area contributed by atoms with E-state index in [2.05, 4.69) is 4.98 Å². The first-order chi connectivity index (χ1) is 14.6. The molecule has 0 N–H and O–H groups in total. The summed E-state index contributed by atoms with van der Waals surface area (Å²) in [5.41, 5.74) is 1.16. The molecule has 7 nitrogen and oxygen atoms in total. The van der Waals surface area contributed by atoms with Crippen LogP contribution in [0, 0.1) is 0 Å². The zero-order valence-electron chi connectivity index (χ0n) is 16.7. The van der Waals surface area contributed by atoms with Crippen LogP contribution in [0.2, 0.25) is 0 Å². The Bertz CT molecular complexity index is 1170. The smallest absolute Gasteiger partial charge is 0.264 e. The second kappa shape index (κ2) is 8.46. The van der Waals surface area contributed by atoms with E-state index in [9.17, 15) is 4.79 Å². The van der Waals surface area contributed by atoms with Crippen molar-refractivity contribution in [1.82, 2.24) is 4.98 Å². The largest absolute Gasteiger partial charge is 0.497 e. The van der Waals surface area contributed by atoms with E-state index in [0.29, 0.717) is 28.0 Å². The first-order valence-corrected chi connectivity index (χ1v) is 9.96. The van der Waals surface area contributed by atoms with Crippen LogP contribution in [0.1, 0.15) is 16.1 Å². The molecule has 0 aliphatic rings. The van der Waals surface area contributed by atoms with Crippen molar-refractivity contribution in [3.63, 3.8) is 0 Å². The monoisotopic (exact) mass is 424 g/mol. The first-order valence-electron chi connectivity index (χ1n) is 9.14. The highest BCUT2D eigenvalue weighted by Gasteiger charge is 2.26. The van der Waals surface area contributed by atoms with Crippen molar-refractivity contribution < 1.29 is 23.4 Å². The van der Waals surface area contributed by atoms with E-state index in [-0.39, 0.29) is 12.5 Å². The van der Waals surface area contributed by atoms with E-state index in [1.165, 1.54) is 25.6 Å². The second-order valence-electron chi connectivity index (χ2n) is 6.34. The third-order valence-corrected chi connectivity index (χ3v) is 5.63. The van der Waals surface area contributed by atoms with Crippen molar-refractivity contribution in [2.75, 3.05) is 26.2 Å². The molecule has 0 saturated heterocycles. The van der Waals surface area contributed by atoms with Crippen LogP contribution in [0.15, 0.2) is 59.2 Å².